The van der Waals surface area contributed by atoms with Gasteiger partial charge in [-0.3, -0.25) is 4.79 Å². The molecule has 6 heteroatoms. The highest BCUT2D eigenvalue weighted by Crippen LogP contribution is 2.29. The van der Waals surface area contributed by atoms with E-state index < -0.39 is 0 Å². The zero-order valence-corrected chi connectivity index (χ0v) is 14.9. The molecule has 0 bridgehead atoms. The Balaban J connectivity index is 1.34. The van der Waals surface area contributed by atoms with Crippen molar-refractivity contribution in [3.63, 3.8) is 0 Å². The number of amides is 1. The van der Waals surface area contributed by atoms with Gasteiger partial charge >= 0.3 is 0 Å². The molecule has 134 valence electrons. The first-order chi connectivity index (χ1) is 12.2. The van der Waals surface area contributed by atoms with Gasteiger partial charge in [0, 0.05) is 38.2 Å². The number of hydrogen-bond acceptors (Lipinski definition) is 4. The Labute approximate surface area is 152 Å². The summed E-state index contributed by atoms with van der Waals surface area (Å²) >= 11 is 6.15. The summed E-state index contributed by atoms with van der Waals surface area (Å²) in [6.07, 6.45) is 5.91. The fourth-order valence-corrected chi connectivity index (χ4v) is 2.69. The molecule has 3 rings (SSSR count). The van der Waals surface area contributed by atoms with Gasteiger partial charge in [0.25, 0.3) is 0 Å². The van der Waals surface area contributed by atoms with Crippen LogP contribution in [0.15, 0.2) is 34.9 Å². The molecule has 2 aromatic rings. The Morgan fingerprint density at radius 1 is 1.36 bits per heavy atom. The van der Waals surface area contributed by atoms with E-state index in [4.69, 9.17) is 20.8 Å². The maximum absolute atomic E-state index is 11.9. The third-order valence-electron chi connectivity index (χ3n) is 4.10. The average Bonchev–Trinajstić information content (AvgIpc) is 3.32. The standard InChI is InChI=1S/C19H23ClN2O3/c20-16-5-2-1-4-15(16)17-12-22-19(25-17)9-8-18(23)21-10-3-11-24-13-14-6-7-14/h1-2,4-5,12,14H,3,6-11,13H2,(H,21,23). The Hall–Kier alpha value is -1.85. The summed E-state index contributed by atoms with van der Waals surface area (Å²) in [7, 11) is 0. The number of benzene rings is 1. The van der Waals surface area contributed by atoms with Crippen LogP contribution in [0.3, 0.4) is 0 Å². The third-order valence-corrected chi connectivity index (χ3v) is 4.43. The third kappa shape index (κ3) is 5.87. The molecule has 0 atom stereocenters. The molecule has 1 heterocycles. The number of aryl methyl sites for hydroxylation is 1. The fraction of sp³-hybridized carbons (Fsp3) is 0.474. The van der Waals surface area contributed by atoms with Gasteiger partial charge in [0.05, 0.1) is 11.2 Å². The van der Waals surface area contributed by atoms with Crippen LogP contribution in [0.5, 0.6) is 0 Å². The Bertz CT molecular complexity index is 697. The highest BCUT2D eigenvalue weighted by atomic mass is 35.5. The van der Waals surface area contributed by atoms with Gasteiger partial charge in [0.15, 0.2) is 11.7 Å². The second kappa shape index (κ2) is 9.02. The first kappa shape index (κ1) is 18.0. The fourth-order valence-electron chi connectivity index (χ4n) is 2.46. The van der Waals surface area contributed by atoms with Crippen molar-refractivity contribution in [1.29, 1.82) is 0 Å². The molecule has 1 saturated carbocycles. The number of aromatic nitrogens is 1. The lowest BCUT2D eigenvalue weighted by Gasteiger charge is -2.05. The van der Waals surface area contributed by atoms with E-state index in [9.17, 15) is 4.79 Å². The number of oxazole rings is 1. The van der Waals surface area contributed by atoms with Crippen LogP contribution >= 0.6 is 11.6 Å². The second-order valence-corrected chi connectivity index (χ2v) is 6.73. The van der Waals surface area contributed by atoms with Crippen molar-refractivity contribution < 1.29 is 13.9 Å². The van der Waals surface area contributed by atoms with Crippen molar-refractivity contribution in [2.24, 2.45) is 5.92 Å². The number of nitrogens with one attached hydrogen (secondary N) is 1. The van der Waals surface area contributed by atoms with Crippen LogP contribution < -0.4 is 5.32 Å². The molecule has 5 nitrogen and oxygen atoms in total. The lowest BCUT2D eigenvalue weighted by Crippen LogP contribution is -2.25. The molecule has 1 aliphatic rings. The molecule has 0 radical (unpaired) electrons. The quantitative estimate of drug-likeness (QED) is 0.652. The number of carbonyl (C=O) groups is 1. The molecule has 0 unspecified atom stereocenters. The molecule has 25 heavy (non-hydrogen) atoms. The molecule has 0 aliphatic heterocycles. The Morgan fingerprint density at radius 2 is 2.20 bits per heavy atom. The zero-order valence-electron chi connectivity index (χ0n) is 14.2. The van der Waals surface area contributed by atoms with Gasteiger partial charge in [-0.15, -0.1) is 0 Å². The van der Waals surface area contributed by atoms with E-state index in [0.29, 0.717) is 42.7 Å². The molecule has 1 fully saturated rings. The maximum atomic E-state index is 11.9. The van der Waals surface area contributed by atoms with Crippen molar-refractivity contribution in [3.05, 3.63) is 41.4 Å². The Morgan fingerprint density at radius 3 is 3.00 bits per heavy atom. The van der Waals surface area contributed by atoms with E-state index >= 15 is 0 Å². The molecule has 0 saturated heterocycles. The van der Waals surface area contributed by atoms with E-state index in [1.807, 2.05) is 18.2 Å². The highest BCUT2D eigenvalue weighted by Gasteiger charge is 2.20. The van der Waals surface area contributed by atoms with Crippen LogP contribution in [-0.4, -0.2) is 30.6 Å². The van der Waals surface area contributed by atoms with Crippen molar-refractivity contribution in [2.75, 3.05) is 19.8 Å². The van der Waals surface area contributed by atoms with Gasteiger partial charge in [0.1, 0.15) is 0 Å². The van der Waals surface area contributed by atoms with E-state index in [-0.39, 0.29) is 5.91 Å². The first-order valence-electron chi connectivity index (χ1n) is 8.76. The van der Waals surface area contributed by atoms with E-state index in [1.165, 1.54) is 12.8 Å². The number of halogens is 1. The van der Waals surface area contributed by atoms with Crippen LogP contribution in [-0.2, 0) is 16.0 Å². The average molecular weight is 363 g/mol. The minimum atomic E-state index is -0.000290. The van der Waals surface area contributed by atoms with Crippen molar-refractivity contribution in [1.82, 2.24) is 10.3 Å². The van der Waals surface area contributed by atoms with Crippen molar-refractivity contribution in [3.8, 4) is 11.3 Å². The van der Waals surface area contributed by atoms with Gasteiger partial charge in [-0.2, -0.15) is 0 Å². The molecular weight excluding hydrogens is 340 g/mol. The summed E-state index contributed by atoms with van der Waals surface area (Å²) in [6.45, 7) is 2.21. The van der Waals surface area contributed by atoms with E-state index in [1.54, 1.807) is 12.3 Å². The van der Waals surface area contributed by atoms with E-state index in [2.05, 4.69) is 10.3 Å². The van der Waals surface area contributed by atoms with Crippen LogP contribution in [0.4, 0.5) is 0 Å². The normalized spacial score (nSPS) is 13.8. The van der Waals surface area contributed by atoms with Gasteiger partial charge in [-0.1, -0.05) is 23.7 Å². The molecular formula is C19H23ClN2O3. The largest absolute Gasteiger partial charge is 0.441 e. The monoisotopic (exact) mass is 362 g/mol. The van der Waals surface area contributed by atoms with E-state index in [0.717, 1.165) is 24.5 Å². The smallest absolute Gasteiger partial charge is 0.220 e. The topological polar surface area (TPSA) is 64.4 Å². The molecule has 1 aliphatic carbocycles. The first-order valence-corrected chi connectivity index (χ1v) is 9.14. The summed E-state index contributed by atoms with van der Waals surface area (Å²) < 4.78 is 11.2. The van der Waals surface area contributed by atoms with Crippen LogP contribution in [0.1, 0.15) is 31.6 Å². The number of carbonyl (C=O) groups excluding carboxylic acids is 1. The van der Waals surface area contributed by atoms with Gasteiger partial charge in [-0.05, 0) is 37.3 Å². The number of nitrogens with zero attached hydrogens (tertiary/aromatic N) is 1. The molecule has 1 aromatic carbocycles. The maximum Gasteiger partial charge on any atom is 0.220 e. The SMILES string of the molecule is O=C(CCc1ncc(-c2ccccc2Cl)o1)NCCCOCC1CC1. The Kier molecular flexibility index (Phi) is 6.48. The van der Waals surface area contributed by atoms with Crippen molar-refractivity contribution >= 4 is 17.5 Å². The van der Waals surface area contributed by atoms with Gasteiger partial charge < -0.3 is 14.5 Å². The molecule has 0 spiro atoms. The summed E-state index contributed by atoms with van der Waals surface area (Å²) in [5.74, 6) is 1.94. The number of ether oxygens (including phenoxy) is 1. The number of hydrogen-bond donors (Lipinski definition) is 1. The predicted molar refractivity (Wildman–Crippen MR) is 96.4 cm³/mol. The molecule has 1 amide bonds. The lowest BCUT2D eigenvalue weighted by molar-refractivity contribution is -0.121. The van der Waals surface area contributed by atoms with Crippen LogP contribution in [0, 0.1) is 5.92 Å². The van der Waals surface area contributed by atoms with Crippen LogP contribution in [0.2, 0.25) is 5.02 Å². The summed E-state index contributed by atoms with van der Waals surface area (Å²) in [4.78, 5) is 16.1. The lowest BCUT2D eigenvalue weighted by atomic mass is 10.2. The predicted octanol–water partition coefficient (Wildman–Crippen LogP) is 3.86. The number of rotatable bonds is 10. The minimum Gasteiger partial charge on any atom is -0.441 e. The zero-order chi connectivity index (χ0) is 17.5. The summed E-state index contributed by atoms with van der Waals surface area (Å²) in [5, 5.41) is 3.51. The highest BCUT2D eigenvalue weighted by molar-refractivity contribution is 6.33. The minimum absolute atomic E-state index is 0.000290. The second-order valence-electron chi connectivity index (χ2n) is 6.32. The summed E-state index contributed by atoms with van der Waals surface area (Å²) in [6, 6.07) is 7.45. The van der Waals surface area contributed by atoms with Gasteiger partial charge in [0.2, 0.25) is 5.91 Å². The summed E-state index contributed by atoms with van der Waals surface area (Å²) in [5.41, 5.74) is 0.804. The van der Waals surface area contributed by atoms with Crippen LogP contribution in [0.25, 0.3) is 11.3 Å². The van der Waals surface area contributed by atoms with Crippen molar-refractivity contribution in [2.45, 2.75) is 32.1 Å². The molecule has 1 N–H and O–H groups in total. The van der Waals surface area contributed by atoms with Gasteiger partial charge in [-0.25, -0.2) is 4.98 Å². The molecule has 1 aromatic heterocycles.